The van der Waals surface area contributed by atoms with E-state index in [1.807, 2.05) is 0 Å². The molecular formula is C15H24N2. The third-order valence-corrected chi connectivity index (χ3v) is 3.82. The number of nitrogens with zero attached hydrogens (tertiary/aromatic N) is 1. The van der Waals surface area contributed by atoms with Crippen molar-refractivity contribution in [3.8, 4) is 0 Å². The predicted molar refractivity (Wildman–Crippen MR) is 72.8 cm³/mol. The summed E-state index contributed by atoms with van der Waals surface area (Å²) in [5, 5.41) is 0. The van der Waals surface area contributed by atoms with Crippen molar-refractivity contribution in [1.82, 2.24) is 4.90 Å². The molecule has 2 rings (SSSR count). The fourth-order valence-electron chi connectivity index (χ4n) is 2.71. The second-order valence-electron chi connectivity index (χ2n) is 5.27. The van der Waals surface area contributed by atoms with Gasteiger partial charge in [-0.1, -0.05) is 43.5 Å². The van der Waals surface area contributed by atoms with Gasteiger partial charge >= 0.3 is 0 Å². The minimum absolute atomic E-state index is 0.615. The van der Waals surface area contributed by atoms with Crippen LogP contribution in [0.25, 0.3) is 0 Å². The van der Waals surface area contributed by atoms with Crippen LogP contribution in [0, 0.1) is 0 Å². The van der Waals surface area contributed by atoms with Gasteiger partial charge in [-0.25, -0.2) is 0 Å². The Balaban J connectivity index is 1.97. The van der Waals surface area contributed by atoms with Crippen LogP contribution in [0.2, 0.25) is 0 Å². The van der Waals surface area contributed by atoms with Crippen LogP contribution in [-0.4, -0.2) is 18.6 Å². The highest BCUT2D eigenvalue weighted by atomic mass is 15.1. The van der Waals surface area contributed by atoms with E-state index < -0.39 is 0 Å². The third-order valence-electron chi connectivity index (χ3n) is 3.82. The van der Waals surface area contributed by atoms with Gasteiger partial charge in [-0.2, -0.15) is 0 Å². The molecule has 1 fully saturated rings. The fourth-order valence-corrected chi connectivity index (χ4v) is 2.71. The summed E-state index contributed by atoms with van der Waals surface area (Å²) >= 11 is 0. The maximum Gasteiger partial charge on any atom is 0.0455 e. The average Bonchev–Trinajstić information content (AvgIpc) is 2.40. The van der Waals surface area contributed by atoms with Crippen LogP contribution < -0.4 is 5.73 Å². The Hall–Kier alpha value is -0.860. The molecule has 2 nitrogen and oxygen atoms in total. The summed E-state index contributed by atoms with van der Waals surface area (Å²) in [6.07, 6.45) is 6.99. The lowest BCUT2D eigenvalue weighted by molar-refractivity contribution is 0.337. The molecule has 0 aliphatic heterocycles. The van der Waals surface area contributed by atoms with Crippen LogP contribution >= 0.6 is 0 Å². The highest BCUT2D eigenvalue weighted by molar-refractivity contribution is 5.25. The minimum Gasteiger partial charge on any atom is -0.318 e. The Morgan fingerprint density at radius 2 is 1.76 bits per heavy atom. The van der Waals surface area contributed by atoms with Crippen molar-refractivity contribution < 1.29 is 0 Å². The van der Waals surface area contributed by atoms with Gasteiger partial charge in [0, 0.05) is 13.2 Å². The highest BCUT2D eigenvalue weighted by Gasteiger charge is 2.14. The van der Waals surface area contributed by atoms with E-state index in [0.29, 0.717) is 6.67 Å². The summed E-state index contributed by atoms with van der Waals surface area (Å²) in [5.74, 6) is 0.810. The molecule has 1 aliphatic carbocycles. The smallest absolute Gasteiger partial charge is 0.0455 e. The first-order valence-electron chi connectivity index (χ1n) is 6.77. The van der Waals surface area contributed by atoms with Crippen LogP contribution in [-0.2, 0) is 6.54 Å². The minimum atomic E-state index is 0.615. The maximum absolute atomic E-state index is 5.59. The van der Waals surface area contributed by atoms with Gasteiger partial charge in [0.05, 0.1) is 0 Å². The van der Waals surface area contributed by atoms with E-state index in [4.69, 9.17) is 5.73 Å². The topological polar surface area (TPSA) is 29.3 Å². The molecule has 0 heterocycles. The van der Waals surface area contributed by atoms with E-state index >= 15 is 0 Å². The van der Waals surface area contributed by atoms with E-state index in [9.17, 15) is 0 Å². The summed E-state index contributed by atoms with van der Waals surface area (Å²) in [7, 11) is 2.05. The Bertz CT molecular complexity index is 325. The third kappa shape index (κ3) is 3.55. The number of benzene rings is 1. The first-order valence-corrected chi connectivity index (χ1v) is 6.77. The molecular weight excluding hydrogens is 208 g/mol. The van der Waals surface area contributed by atoms with E-state index in [0.717, 1.165) is 12.5 Å². The van der Waals surface area contributed by atoms with Crippen LogP contribution in [0.1, 0.15) is 49.1 Å². The first kappa shape index (κ1) is 12.6. The number of rotatable bonds is 4. The van der Waals surface area contributed by atoms with Crippen molar-refractivity contribution in [3.05, 3.63) is 35.4 Å². The standard InChI is InChI=1S/C15H24N2/c1-17(12-16)11-13-7-9-15(10-8-13)14-5-3-2-4-6-14/h7-10,14H,2-6,11-12,16H2,1H3. The Kier molecular flexibility index (Phi) is 4.57. The van der Waals surface area contributed by atoms with Crippen molar-refractivity contribution in [2.24, 2.45) is 5.73 Å². The van der Waals surface area contributed by atoms with Gasteiger partial charge in [0.1, 0.15) is 0 Å². The van der Waals surface area contributed by atoms with Gasteiger partial charge in [-0.05, 0) is 36.9 Å². The molecule has 1 aromatic rings. The fraction of sp³-hybridized carbons (Fsp3) is 0.600. The normalized spacial score (nSPS) is 17.6. The SMILES string of the molecule is CN(CN)Cc1ccc(C2CCCCC2)cc1. The zero-order chi connectivity index (χ0) is 12.1. The molecule has 1 aliphatic rings. The lowest BCUT2D eigenvalue weighted by Crippen LogP contribution is -2.24. The molecule has 0 unspecified atom stereocenters. The Morgan fingerprint density at radius 3 is 2.35 bits per heavy atom. The molecule has 0 amide bonds. The Morgan fingerprint density at radius 1 is 1.12 bits per heavy atom. The summed E-state index contributed by atoms with van der Waals surface area (Å²) in [6, 6.07) is 9.15. The summed E-state index contributed by atoms with van der Waals surface area (Å²) in [6.45, 7) is 1.56. The molecule has 0 atom stereocenters. The summed E-state index contributed by atoms with van der Waals surface area (Å²) in [4.78, 5) is 2.12. The Labute approximate surface area is 105 Å². The number of hydrogen-bond donors (Lipinski definition) is 1. The lowest BCUT2D eigenvalue weighted by atomic mass is 9.84. The summed E-state index contributed by atoms with van der Waals surface area (Å²) in [5.41, 5.74) is 8.48. The highest BCUT2D eigenvalue weighted by Crippen LogP contribution is 2.32. The molecule has 2 heteroatoms. The van der Waals surface area contributed by atoms with Gasteiger partial charge in [-0.15, -0.1) is 0 Å². The molecule has 1 aromatic carbocycles. The number of nitrogens with two attached hydrogens (primary N) is 1. The van der Waals surface area contributed by atoms with Gasteiger partial charge < -0.3 is 5.73 Å². The molecule has 17 heavy (non-hydrogen) atoms. The quantitative estimate of drug-likeness (QED) is 0.808. The van der Waals surface area contributed by atoms with Crippen molar-refractivity contribution in [1.29, 1.82) is 0 Å². The molecule has 0 spiro atoms. The molecule has 2 N–H and O–H groups in total. The van der Waals surface area contributed by atoms with Crippen LogP contribution in [0.5, 0.6) is 0 Å². The van der Waals surface area contributed by atoms with Crippen molar-refractivity contribution in [3.63, 3.8) is 0 Å². The predicted octanol–water partition coefficient (Wildman–Crippen LogP) is 3.08. The van der Waals surface area contributed by atoms with Gasteiger partial charge in [0.15, 0.2) is 0 Å². The molecule has 0 saturated heterocycles. The molecule has 94 valence electrons. The molecule has 0 radical (unpaired) electrons. The number of hydrogen-bond acceptors (Lipinski definition) is 2. The lowest BCUT2D eigenvalue weighted by Gasteiger charge is -2.22. The van der Waals surface area contributed by atoms with E-state index in [2.05, 4.69) is 36.2 Å². The van der Waals surface area contributed by atoms with Crippen molar-refractivity contribution in [2.45, 2.75) is 44.6 Å². The van der Waals surface area contributed by atoms with Crippen LogP contribution in [0.3, 0.4) is 0 Å². The zero-order valence-electron chi connectivity index (χ0n) is 10.9. The van der Waals surface area contributed by atoms with Crippen molar-refractivity contribution >= 4 is 0 Å². The van der Waals surface area contributed by atoms with Gasteiger partial charge in [-0.3, -0.25) is 4.90 Å². The zero-order valence-corrected chi connectivity index (χ0v) is 10.9. The van der Waals surface area contributed by atoms with Gasteiger partial charge in [0.25, 0.3) is 0 Å². The van der Waals surface area contributed by atoms with E-state index in [-0.39, 0.29) is 0 Å². The van der Waals surface area contributed by atoms with E-state index in [1.54, 1.807) is 0 Å². The average molecular weight is 232 g/mol. The maximum atomic E-state index is 5.59. The van der Waals surface area contributed by atoms with Gasteiger partial charge in [0.2, 0.25) is 0 Å². The molecule has 0 aromatic heterocycles. The summed E-state index contributed by atoms with van der Waals surface area (Å²) < 4.78 is 0. The second-order valence-corrected chi connectivity index (χ2v) is 5.27. The van der Waals surface area contributed by atoms with Crippen molar-refractivity contribution in [2.75, 3.05) is 13.7 Å². The largest absolute Gasteiger partial charge is 0.318 e. The second kappa shape index (κ2) is 6.18. The first-order chi connectivity index (χ1) is 8.29. The van der Waals surface area contributed by atoms with Crippen LogP contribution in [0.15, 0.2) is 24.3 Å². The molecule has 0 bridgehead atoms. The van der Waals surface area contributed by atoms with Crippen LogP contribution in [0.4, 0.5) is 0 Å². The van der Waals surface area contributed by atoms with E-state index in [1.165, 1.54) is 43.2 Å². The molecule has 1 saturated carbocycles. The monoisotopic (exact) mass is 232 g/mol.